The van der Waals surface area contributed by atoms with E-state index in [-0.39, 0.29) is 11.8 Å². The van der Waals surface area contributed by atoms with Crippen molar-refractivity contribution in [1.29, 1.82) is 0 Å². The molecular formula is C36H35N5O4. The van der Waals surface area contributed by atoms with Crippen molar-refractivity contribution in [3.8, 4) is 5.75 Å². The number of fused-ring (bicyclic) bond motifs is 1. The van der Waals surface area contributed by atoms with Crippen LogP contribution in [0.1, 0.15) is 70.2 Å². The fourth-order valence-electron chi connectivity index (χ4n) is 5.70. The number of hydrogen-bond acceptors (Lipinski definition) is 7. The predicted octanol–water partition coefficient (Wildman–Crippen LogP) is 6.71. The first-order valence-corrected chi connectivity index (χ1v) is 15.2. The van der Waals surface area contributed by atoms with Gasteiger partial charge in [0.15, 0.2) is 0 Å². The van der Waals surface area contributed by atoms with Gasteiger partial charge in [0.1, 0.15) is 11.8 Å². The zero-order chi connectivity index (χ0) is 31.0. The number of methoxy groups -OCH3 is 1. The van der Waals surface area contributed by atoms with Crippen LogP contribution in [-0.2, 0) is 4.84 Å². The van der Waals surface area contributed by atoms with Crippen LogP contribution >= 0.6 is 0 Å². The summed E-state index contributed by atoms with van der Waals surface area (Å²) < 4.78 is 5.34. The van der Waals surface area contributed by atoms with E-state index in [2.05, 4.69) is 20.3 Å². The number of ether oxygens (including phenoxy) is 1. The van der Waals surface area contributed by atoms with E-state index in [4.69, 9.17) is 9.57 Å². The lowest BCUT2D eigenvalue weighted by Gasteiger charge is -2.23. The van der Waals surface area contributed by atoms with Gasteiger partial charge in [-0.15, -0.1) is 0 Å². The molecule has 3 aromatic heterocycles. The number of nitrogens with zero attached hydrogens (tertiary/aromatic N) is 4. The maximum absolute atomic E-state index is 13.7. The molecule has 45 heavy (non-hydrogen) atoms. The lowest BCUT2D eigenvalue weighted by molar-refractivity contribution is 0.0612. The Labute approximate surface area is 262 Å². The maximum atomic E-state index is 13.7. The first-order chi connectivity index (χ1) is 22.1. The van der Waals surface area contributed by atoms with Gasteiger partial charge < -0.3 is 10.1 Å². The molecule has 1 saturated carbocycles. The van der Waals surface area contributed by atoms with Gasteiger partial charge in [0.2, 0.25) is 0 Å². The highest BCUT2D eigenvalue weighted by molar-refractivity contribution is 6.06. The highest BCUT2D eigenvalue weighted by Crippen LogP contribution is 2.29. The van der Waals surface area contributed by atoms with Crippen molar-refractivity contribution in [3.63, 3.8) is 0 Å². The first kappa shape index (κ1) is 29.9. The number of rotatable bonds is 11. The van der Waals surface area contributed by atoms with Gasteiger partial charge in [-0.1, -0.05) is 49.9 Å². The number of hydrogen-bond donors (Lipinski definition) is 1. The normalized spacial score (nSPS) is 13.2. The van der Waals surface area contributed by atoms with Crippen LogP contribution in [0.3, 0.4) is 0 Å². The summed E-state index contributed by atoms with van der Waals surface area (Å²) in [5.41, 5.74) is 3.37. The lowest BCUT2D eigenvalue weighted by Crippen LogP contribution is -2.32. The van der Waals surface area contributed by atoms with Gasteiger partial charge in [-0.2, -0.15) is 5.06 Å². The van der Waals surface area contributed by atoms with Crippen LogP contribution in [0.2, 0.25) is 0 Å². The molecule has 0 spiro atoms. The van der Waals surface area contributed by atoms with Gasteiger partial charge in [-0.05, 0) is 73.0 Å². The molecule has 0 radical (unpaired) electrons. The van der Waals surface area contributed by atoms with Crippen LogP contribution < -0.4 is 15.1 Å². The van der Waals surface area contributed by atoms with E-state index >= 15 is 0 Å². The molecule has 228 valence electrons. The summed E-state index contributed by atoms with van der Waals surface area (Å²) in [6.07, 6.45) is 10.7. The molecule has 0 saturated heterocycles. The van der Waals surface area contributed by atoms with E-state index in [1.165, 1.54) is 36.9 Å². The quantitative estimate of drug-likeness (QED) is 0.168. The minimum atomic E-state index is -0.532. The van der Waals surface area contributed by atoms with Gasteiger partial charge in [-0.3, -0.25) is 29.4 Å². The Morgan fingerprint density at radius 2 is 1.62 bits per heavy atom. The third kappa shape index (κ3) is 7.16. The summed E-state index contributed by atoms with van der Waals surface area (Å²) in [5, 5.41) is 5.15. The molecule has 1 aliphatic carbocycles. The number of amides is 2. The second-order valence-electron chi connectivity index (χ2n) is 11.1. The van der Waals surface area contributed by atoms with Gasteiger partial charge >= 0.3 is 0 Å². The minimum absolute atomic E-state index is 0.300. The summed E-state index contributed by atoms with van der Waals surface area (Å²) in [7, 11) is 1.57. The molecule has 0 aliphatic heterocycles. The number of benzene rings is 2. The second kappa shape index (κ2) is 14.1. The topological polar surface area (TPSA) is 107 Å². The maximum Gasteiger partial charge on any atom is 0.282 e. The molecule has 0 atom stereocenters. The molecule has 0 unspecified atom stereocenters. The fraction of sp³-hybridized carbons (Fsp3) is 0.250. The fourth-order valence-corrected chi connectivity index (χ4v) is 5.70. The third-order valence-electron chi connectivity index (χ3n) is 8.13. The Morgan fingerprint density at radius 3 is 2.31 bits per heavy atom. The number of nitrogens with one attached hydrogen (secondary N) is 1. The second-order valence-corrected chi connectivity index (χ2v) is 11.1. The van der Waals surface area contributed by atoms with Crippen molar-refractivity contribution >= 4 is 28.4 Å². The van der Waals surface area contributed by atoms with Gasteiger partial charge in [0.05, 0.1) is 41.9 Å². The van der Waals surface area contributed by atoms with Crippen molar-refractivity contribution in [2.24, 2.45) is 5.92 Å². The third-order valence-corrected chi connectivity index (χ3v) is 8.13. The van der Waals surface area contributed by atoms with E-state index in [0.717, 1.165) is 11.8 Å². The Bertz CT molecular complexity index is 1720. The number of pyridine rings is 3. The summed E-state index contributed by atoms with van der Waals surface area (Å²) in [5.74, 6) is 0.605. The first-order valence-electron chi connectivity index (χ1n) is 15.2. The monoisotopic (exact) mass is 601 g/mol. The van der Waals surface area contributed by atoms with Crippen molar-refractivity contribution < 1.29 is 19.2 Å². The molecule has 9 heteroatoms. The lowest BCUT2D eigenvalue weighted by atomic mass is 10.1. The van der Waals surface area contributed by atoms with E-state index in [9.17, 15) is 9.59 Å². The molecule has 0 bridgehead atoms. The smallest absolute Gasteiger partial charge is 0.282 e. The van der Waals surface area contributed by atoms with Crippen LogP contribution in [0, 0.1) is 5.92 Å². The summed E-state index contributed by atoms with van der Waals surface area (Å²) in [6.45, 7) is 0.429. The molecule has 1 fully saturated rings. The average molecular weight is 602 g/mol. The van der Waals surface area contributed by atoms with Crippen LogP contribution in [0.5, 0.6) is 5.75 Å². The van der Waals surface area contributed by atoms with E-state index in [1.807, 2.05) is 48.5 Å². The van der Waals surface area contributed by atoms with Gasteiger partial charge in [0.25, 0.3) is 11.8 Å². The molecule has 3 heterocycles. The molecule has 1 aliphatic rings. The molecule has 2 aromatic carbocycles. The van der Waals surface area contributed by atoms with E-state index < -0.39 is 6.04 Å². The van der Waals surface area contributed by atoms with Crippen LogP contribution in [0.15, 0.2) is 104 Å². The molecule has 1 N–H and O–H groups in total. The molecule has 9 nitrogen and oxygen atoms in total. The predicted molar refractivity (Wildman–Crippen MR) is 172 cm³/mol. The number of hydroxylamine groups is 1. The van der Waals surface area contributed by atoms with Crippen molar-refractivity contribution in [2.75, 3.05) is 18.8 Å². The van der Waals surface area contributed by atoms with Gasteiger partial charge in [0, 0.05) is 29.5 Å². The van der Waals surface area contributed by atoms with Crippen molar-refractivity contribution in [1.82, 2.24) is 20.3 Å². The van der Waals surface area contributed by atoms with Crippen LogP contribution in [-0.4, -0.2) is 40.5 Å². The van der Waals surface area contributed by atoms with Crippen LogP contribution in [0.4, 0.5) is 5.69 Å². The zero-order valence-electron chi connectivity index (χ0n) is 25.1. The highest BCUT2D eigenvalue weighted by atomic mass is 16.7. The molecule has 2 amide bonds. The minimum Gasteiger partial charge on any atom is -0.497 e. The van der Waals surface area contributed by atoms with E-state index in [0.29, 0.717) is 52.0 Å². The number of carbonyl (C=O) groups is 2. The summed E-state index contributed by atoms with van der Waals surface area (Å²) in [6, 6.07) is 24.8. The Morgan fingerprint density at radius 1 is 0.867 bits per heavy atom. The highest BCUT2D eigenvalue weighted by Gasteiger charge is 2.23. The molecule has 6 rings (SSSR count). The van der Waals surface area contributed by atoms with Crippen molar-refractivity contribution in [2.45, 2.75) is 38.1 Å². The zero-order valence-corrected chi connectivity index (χ0v) is 25.1. The van der Waals surface area contributed by atoms with Crippen molar-refractivity contribution in [3.05, 3.63) is 126 Å². The summed E-state index contributed by atoms with van der Waals surface area (Å²) in [4.78, 5) is 46.8. The Kier molecular flexibility index (Phi) is 9.36. The Balaban J connectivity index is 1.25. The Hall–Kier alpha value is -5.15. The number of carbonyl (C=O) groups excluding carboxylic acids is 2. The molecular weight excluding hydrogens is 566 g/mol. The number of aromatic nitrogens is 3. The SMILES string of the molecule is COc1cccc(C(=O)N(OCCC2CCCC2)c2ccc3cc(C(=O)NC(c4ccccn4)c4ccccn4)cnc3c2)c1. The van der Waals surface area contributed by atoms with E-state index in [1.54, 1.807) is 55.9 Å². The largest absolute Gasteiger partial charge is 0.497 e. The average Bonchev–Trinajstić information content (AvgIpc) is 3.63. The van der Waals surface area contributed by atoms with Gasteiger partial charge in [-0.25, -0.2) is 0 Å². The standard InChI is InChI=1S/C36H35N5O4/c1-44-30-12-8-11-27(22-30)36(43)41(45-20-17-25-9-2-3-10-25)29-16-15-26-21-28(24-39-33(26)23-29)35(42)40-34(31-13-4-6-18-37-31)32-14-5-7-19-38-32/h4-8,11-16,18-19,21-25,34H,2-3,9-10,17,20H2,1H3,(H,40,42). The number of anilines is 1. The summed E-state index contributed by atoms with van der Waals surface area (Å²) >= 11 is 0. The van der Waals surface area contributed by atoms with Crippen LogP contribution in [0.25, 0.3) is 10.9 Å². The molecule has 5 aromatic rings.